The minimum absolute atomic E-state index is 0.132. The molecule has 57 heavy (non-hydrogen) atoms. The summed E-state index contributed by atoms with van der Waals surface area (Å²) in [4.78, 5) is 10.1. The molecule has 11 aromatic rings. The lowest BCUT2D eigenvalue weighted by atomic mass is 9.82. The molecule has 1 aliphatic carbocycles. The minimum atomic E-state index is -0.132. The highest BCUT2D eigenvalue weighted by atomic mass is 15.0. The van der Waals surface area contributed by atoms with Gasteiger partial charge in [-0.05, 0) is 100 Å². The maximum Gasteiger partial charge on any atom is 0.160 e. The van der Waals surface area contributed by atoms with Crippen LogP contribution in [0.2, 0.25) is 0 Å². The lowest BCUT2D eigenvalue weighted by Crippen LogP contribution is -2.15. The number of benzene rings is 7. The summed E-state index contributed by atoms with van der Waals surface area (Å²) in [6, 6.07) is 64.1. The number of hydrogen-bond acceptors (Lipinski definition) is 2. The molecule has 0 aliphatic heterocycles. The predicted molar refractivity (Wildman–Crippen MR) is 237 cm³/mol. The fourth-order valence-electron chi connectivity index (χ4n) is 9.70. The number of rotatable bonds is 4. The van der Waals surface area contributed by atoms with E-state index in [2.05, 4.69) is 193 Å². The Balaban J connectivity index is 1.20. The predicted octanol–water partition coefficient (Wildman–Crippen LogP) is 13.5. The van der Waals surface area contributed by atoms with Crippen LogP contribution in [0.25, 0.3) is 99.5 Å². The lowest BCUT2D eigenvalue weighted by Gasteiger charge is -2.22. The summed E-state index contributed by atoms with van der Waals surface area (Å²) in [6.07, 6.45) is 1.84. The molecule has 7 aromatic carbocycles. The van der Waals surface area contributed by atoms with Gasteiger partial charge >= 0.3 is 0 Å². The molecule has 4 heteroatoms. The highest BCUT2D eigenvalue weighted by Gasteiger charge is 2.36. The van der Waals surface area contributed by atoms with Crippen LogP contribution in [0.4, 0.5) is 0 Å². The summed E-state index contributed by atoms with van der Waals surface area (Å²) in [6.45, 7) is 4.72. The van der Waals surface area contributed by atoms with Gasteiger partial charge in [0.15, 0.2) is 5.65 Å². The molecule has 0 saturated carbocycles. The monoisotopic (exact) mass is 728 g/mol. The summed E-state index contributed by atoms with van der Waals surface area (Å²) >= 11 is 0. The Morgan fingerprint density at radius 3 is 1.68 bits per heavy atom. The zero-order chi connectivity index (χ0) is 37.8. The second kappa shape index (κ2) is 11.8. The number of para-hydroxylation sites is 3. The van der Waals surface area contributed by atoms with Crippen LogP contribution in [0.3, 0.4) is 0 Å². The van der Waals surface area contributed by atoms with Gasteiger partial charge in [-0.25, -0.2) is 9.97 Å². The van der Waals surface area contributed by atoms with Crippen LogP contribution in [0.1, 0.15) is 25.0 Å². The smallest absolute Gasteiger partial charge is 0.160 e. The first-order chi connectivity index (χ1) is 28.0. The molecule has 0 atom stereocenters. The molecule has 12 rings (SSSR count). The lowest BCUT2D eigenvalue weighted by molar-refractivity contribution is 0.661. The van der Waals surface area contributed by atoms with Crippen molar-refractivity contribution in [2.75, 3.05) is 0 Å². The van der Waals surface area contributed by atoms with Gasteiger partial charge in [0.1, 0.15) is 0 Å². The second-order valence-electron chi connectivity index (χ2n) is 15.8. The molecule has 0 fully saturated rings. The largest absolute Gasteiger partial charge is 0.309 e. The number of pyridine rings is 2. The summed E-state index contributed by atoms with van der Waals surface area (Å²) in [5.74, 6) is 0. The van der Waals surface area contributed by atoms with Gasteiger partial charge in [0.05, 0.1) is 27.8 Å². The van der Waals surface area contributed by atoms with Gasteiger partial charge in [0.25, 0.3) is 0 Å². The Bertz CT molecular complexity index is 3390. The Labute approximate surface area is 329 Å². The zero-order valence-corrected chi connectivity index (χ0v) is 31.6. The molecule has 0 N–H and O–H groups in total. The van der Waals surface area contributed by atoms with E-state index in [9.17, 15) is 0 Å². The molecule has 0 spiro atoms. The first-order valence-electron chi connectivity index (χ1n) is 19.7. The molecule has 0 unspecified atom stereocenters. The first kappa shape index (κ1) is 32.0. The molecule has 268 valence electrons. The third-order valence-electron chi connectivity index (χ3n) is 12.3. The molecule has 0 radical (unpaired) electrons. The van der Waals surface area contributed by atoms with Crippen molar-refractivity contribution in [3.05, 3.63) is 193 Å². The van der Waals surface area contributed by atoms with Crippen LogP contribution in [0.5, 0.6) is 0 Å². The maximum absolute atomic E-state index is 5.29. The third-order valence-corrected chi connectivity index (χ3v) is 12.3. The topological polar surface area (TPSA) is 35.6 Å². The van der Waals surface area contributed by atoms with E-state index < -0.39 is 0 Å². The van der Waals surface area contributed by atoms with Crippen LogP contribution in [0.15, 0.2) is 182 Å². The quantitative estimate of drug-likeness (QED) is 0.181. The van der Waals surface area contributed by atoms with Crippen LogP contribution in [-0.2, 0) is 5.41 Å². The number of nitrogens with zero attached hydrogens (tertiary/aromatic N) is 4. The normalized spacial score (nSPS) is 13.2. The van der Waals surface area contributed by atoms with Crippen LogP contribution >= 0.6 is 0 Å². The van der Waals surface area contributed by atoms with E-state index in [1.165, 1.54) is 65.9 Å². The average Bonchev–Trinajstić information content (AvgIpc) is 3.85. The van der Waals surface area contributed by atoms with Crippen molar-refractivity contribution in [1.29, 1.82) is 0 Å². The molecule has 4 aromatic heterocycles. The zero-order valence-electron chi connectivity index (χ0n) is 31.6. The molecule has 0 saturated heterocycles. The summed E-state index contributed by atoms with van der Waals surface area (Å²) in [5, 5.41) is 5.98. The van der Waals surface area contributed by atoms with Crippen LogP contribution in [-0.4, -0.2) is 19.1 Å². The van der Waals surface area contributed by atoms with Crippen molar-refractivity contribution in [3.8, 4) is 44.9 Å². The number of aromatic nitrogens is 4. The summed E-state index contributed by atoms with van der Waals surface area (Å²) in [5.41, 5.74) is 17.0. The van der Waals surface area contributed by atoms with E-state index in [0.717, 1.165) is 44.8 Å². The van der Waals surface area contributed by atoms with Gasteiger partial charge < -0.3 is 9.13 Å². The highest BCUT2D eigenvalue weighted by molar-refractivity contribution is 6.12. The number of hydrogen-bond donors (Lipinski definition) is 0. The Morgan fingerprint density at radius 1 is 0.404 bits per heavy atom. The van der Waals surface area contributed by atoms with E-state index >= 15 is 0 Å². The SMILES string of the molecule is CC1(C)c2ccccc2-c2cc3c4ccccc4n(-c4cc(-c5cc(-c6ccccc6)c6cccnc6n5)cc(-n5c6ccccc6c6ccccc65)c4)c3cc21. The molecule has 1 aliphatic rings. The van der Waals surface area contributed by atoms with Crippen molar-refractivity contribution in [2.45, 2.75) is 19.3 Å². The number of fused-ring (bicyclic) bond motifs is 10. The van der Waals surface area contributed by atoms with Gasteiger partial charge in [-0.1, -0.05) is 123 Å². The van der Waals surface area contributed by atoms with E-state index in [-0.39, 0.29) is 5.41 Å². The van der Waals surface area contributed by atoms with Crippen molar-refractivity contribution >= 4 is 54.6 Å². The Kier molecular flexibility index (Phi) is 6.65. The van der Waals surface area contributed by atoms with Crippen molar-refractivity contribution < 1.29 is 0 Å². The summed E-state index contributed by atoms with van der Waals surface area (Å²) < 4.78 is 4.89. The molecular formula is C53H36N4. The van der Waals surface area contributed by atoms with Gasteiger partial charge in [-0.15, -0.1) is 0 Å². The van der Waals surface area contributed by atoms with Crippen LogP contribution in [0, 0.1) is 0 Å². The van der Waals surface area contributed by atoms with Crippen molar-refractivity contribution in [1.82, 2.24) is 19.1 Å². The fourth-order valence-corrected chi connectivity index (χ4v) is 9.70. The Hall–Kier alpha value is -7.30. The van der Waals surface area contributed by atoms with Gasteiger partial charge in [0, 0.05) is 55.5 Å². The maximum atomic E-state index is 5.29. The van der Waals surface area contributed by atoms with E-state index in [0.29, 0.717) is 0 Å². The van der Waals surface area contributed by atoms with Crippen molar-refractivity contribution in [3.63, 3.8) is 0 Å². The molecule has 4 nitrogen and oxygen atoms in total. The van der Waals surface area contributed by atoms with E-state index in [1.54, 1.807) is 0 Å². The van der Waals surface area contributed by atoms with Crippen molar-refractivity contribution in [2.24, 2.45) is 0 Å². The van der Waals surface area contributed by atoms with Crippen LogP contribution < -0.4 is 0 Å². The minimum Gasteiger partial charge on any atom is -0.309 e. The van der Waals surface area contributed by atoms with Gasteiger partial charge in [-0.3, -0.25) is 0 Å². The fraction of sp³-hybridized carbons (Fsp3) is 0.0566. The first-order valence-corrected chi connectivity index (χ1v) is 19.7. The second-order valence-corrected chi connectivity index (χ2v) is 15.8. The average molecular weight is 729 g/mol. The van der Waals surface area contributed by atoms with E-state index in [4.69, 9.17) is 9.97 Å². The molecule has 0 amide bonds. The molecular weight excluding hydrogens is 693 g/mol. The molecule has 4 heterocycles. The van der Waals surface area contributed by atoms with Gasteiger partial charge in [0.2, 0.25) is 0 Å². The summed E-state index contributed by atoms with van der Waals surface area (Å²) in [7, 11) is 0. The standard InChI is InChI=1S/C53H36N4/c1-53(2)45-22-10-6-17-37(45)43-30-44-40-20-9-13-25-50(40)57(51(44)32-46(43)53)36-28-34(47-31-42(33-15-4-3-5-16-33)41-21-14-26-54-52(41)55-47)27-35(29-36)56-48-23-11-7-18-38(48)39-19-8-12-24-49(39)56/h3-32H,1-2H3. The third kappa shape index (κ3) is 4.62. The van der Waals surface area contributed by atoms with E-state index in [1.807, 2.05) is 12.3 Å². The Morgan fingerprint density at radius 2 is 0.982 bits per heavy atom. The van der Waals surface area contributed by atoms with Gasteiger partial charge in [-0.2, -0.15) is 0 Å². The highest BCUT2D eigenvalue weighted by Crippen LogP contribution is 2.51. The molecule has 0 bridgehead atoms.